The predicted octanol–water partition coefficient (Wildman–Crippen LogP) is 3.50. The van der Waals surface area contributed by atoms with E-state index in [1.54, 1.807) is 0 Å². The molecule has 2 aromatic carbocycles. The van der Waals surface area contributed by atoms with Gasteiger partial charge in [-0.1, -0.05) is 17.3 Å². The summed E-state index contributed by atoms with van der Waals surface area (Å²) in [4.78, 5) is 10.5. The van der Waals surface area contributed by atoms with Crippen LogP contribution < -0.4 is 9.47 Å². The molecule has 2 aromatic heterocycles. The van der Waals surface area contributed by atoms with Gasteiger partial charge in [0.15, 0.2) is 11.5 Å². The number of benzene rings is 2. The molecular weight excluding hydrogens is 356 g/mol. The van der Waals surface area contributed by atoms with Crippen LogP contribution in [0.3, 0.4) is 0 Å². The molecule has 4 heterocycles. The molecule has 1 N–H and O–H groups in total. The zero-order chi connectivity index (χ0) is 18.5. The number of hydrogen-bond donors (Lipinski definition) is 1. The first-order valence-electron chi connectivity index (χ1n) is 9.37. The Labute approximate surface area is 160 Å². The maximum atomic E-state index is 5.64. The fourth-order valence-electron chi connectivity index (χ4n) is 3.96. The molecule has 0 saturated heterocycles. The second-order valence-electron chi connectivity index (χ2n) is 7.16. The molecule has 0 spiro atoms. The summed E-state index contributed by atoms with van der Waals surface area (Å²) in [6.07, 6.45) is 0.840. The first-order valence-corrected chi connectivity index (χ1v) is 9.37. The minimum atomic E-state index is 0.265. The highest BCUT2D eigenvalue weighted by molar-refractivity contribution is 5.74. The molecule has 4 aromatic rings. The number of aromatic amines is 1. The topological polar surface area (TPSA) is 76.4 Å². The van der Waals surface area contributed by atoms with Crippen LogP contribution >= 0.6 is 0 Å². The number of fused-ring (bicyclic) bond motifs is 3. The Morgan fingerprint density at radius 1 is 1.07 bits per heavy atom. The van der Waals surface area contributed by atoms with Crippen molar-refractivity contribution in [2.24, 2.45) is 0 Å². The van der Waals surface area contributed by atoms with E-state index in [1.165, 1.54) is 0 Å². The van der Waals surface area contributed by atoms with Gasteiger partial charge in [-0.2, -0.15) is 0 Å². The Balaban J connectivity index is 1.28. The van der Waals surface area contributed by atoms with Crippen LogP contribution in [0.15, 0.2) is 47.0 Å². The normalized spacial score (nSPS) is 15.9. The third kappa shape index (κ3) is 2.55. The Morgan fingerprint density at radius 3 is 2.96 bits per heavy atom. The summed E-state index contributed by atoms with van der Waals surface area (Å²) in [6.45, 7) is 2.72. The second-order valence-corrected chi connectivity index (χ2v) is 7.16. The molecule has 0 fully saturated rings. The average Bonchev–Trinajstić information content (AvgIpc) is 3.44. The molecule has 0 aliphatic carbocycles. The van der Waals surface area contributed by atoms with Gasteiger partial charge in [-0.3, -0.25) is 4.90 Å². The molecule has 0 unspecified atom stereocenters. The number of rotatable bonds is 3. The van der Waals surface area contributed by atoms with E-state index < -0.39 is 0 Å². The Bertz CT molecular complexity index is 1150. The maximum absolute atomic E-state index is 5.64. The lowest BCUT2D eigenvalue weighted by molar-refractivity contribution is 0.174. The minimum Gasteiger partial charge on any atom is -0.454 e. The number of nitrogens with one attached hydrogen (secondary N) is 1. The second kappa shape index (κ2) is 6.10. The molecule has 0 amide bonds. The fraction of sp³-hybridized carbons (Fsp3) is 0.238. The Hall–Kier alpha value is -3.32. The van der Waals surface area contributed by atoms with Crippen LogP contribution in [-0.4, -0.2) is 33.4 Å². The average molecular weight is 374 g/mol. The molecular formula is C21H18N4O3. The molecule has 2 aliphatic heterocycles. The maximum Gasteiger partial charge on any atom is 0.231 e. The molecule has 28 heavy (non-hydrogen) atoms. The number of hydrogen-bond acceptors (Lipinski definition) is 6. The van der Waals surface area contributed by atoms with Crippen molar-refractivity contribution < 1.29 is 14.0 Å². The number of imidazole rings is 1. The van der Waals surface area contributed by atoms with Crippen molar-refractivity contribution in [2.45, 2.75) is 19.5 Å². The van der Waals surface area contributed by atoms with Gasteiger partial charge in [0, 0.05) is 30.6 Å². The molecule has 0 bridgehead atoms. The van der Waals surface area contributed by atoms with Crippen molar-refractivity contribution in [3.8, 4) is 22.8 Å². The van der Waals surface area contributed by atoms with Gasteiger partial charge in [0.1, 0.15) is 17.3 Å². The molecule has 6 rings (SSSR count). The molecule has 0 radical (unpaired) electrons. The molecule has 0 saturated carbocycles. The van der Waals surface area contributed by atoms with Crippen LogP contribution in [0.4, 0.5) is 0 Å². The molecule has 7 heteroatoms. The van der Waals surface area contributed by atoms with Gasteiger partial charge in [-0.05, 0) is 30.3 Å². The summed E-state index contributed by atoms with van der Waals surface area (Å²) in [5.41, 5.74) is 5.08. The van der Waals surface area contributed by atoms with E-state index in [9.17, 15) is 0 Å². The van der Waals surface area contributed by atoms with Crippen LogP contribution in [0.25, 0.3) is 22.3 Å². The number of H-pyrrole nitrogens is 1. The lowest BCUT2D eigenvalue weighted by Crippen LogP contribution is -2.30. The van der Waals surface area contributed by atoms with Crippen LogP contribution in [0.1, 0.15) is 17.1 Å². The van der Waals surface area contributed by atoms with Crippen LogP contribution in [0.5, 0.6) is 11.5 Å². The smallest absolute Gasteiger partial charge is 0.231 e. The number of aromatic nitrogens is 3. The van der Waals surface area contributed by atoms with Gasteiger partial charge in [0.2, 0.25) is 6.79 Å². The minimum absolute atomic E-state index is 0.265. The van der Waals surface area contributed by atoms with E-state index in [0.717, 1.165) is 77.0 Å². The van der Waals surface area contributed by atoms with E-state index in [2.05, 4.69) is 21.1 Å². The van der Waals surface area contributed by atoms with E-state index in [0.29, 0.717) is 0 Å². The van der Waals surface area contributed by atoms with E-state index in [-0.39, 0.29) is 6.79 Å². The molecule has 7 nitrogen and oxygen atoms in total. The van der Waals surface area contributed by atoms with Crippen molar-refractivity contribution >= 4 is 11.0 Å². The highest BCUT2D eigenvalue weighted by Crippen LogP contribution is 2.38. The first kappa shape index (κ1) is 15.7. The molecule has 140 valence electrons. The number of para-hydroxylation sites is 2. The highest BCUT2D eigenvalue weighted by Gasteiger charge is 2.26. The van der Waals surface area contributed by atoms with Crippen molar-refractivity contribution in [1.82, 2.24) is 20.0 Å². The van der Waals surface area contributed by atoms with Crippen molar-refractivity contribution in [3.63, 3.8) is 0 Å². The Morgan fingerprint density at radius 2 is 2.00 bits per heavy atom. The Kier molecular flexibility index (Phi) is 3.42. The predicted molar refractivity (Wildman–Crippen MR) is 102 cm³/mol. The molecule has 0 atom stereocenters. The van der Waals surface area contributed by atoms with Gasteiger partial charge >= 0.3 is 0 Å². The summed E-state index contributed by atoms with van der Waals surface area (Å²) in [7, 11) is 0. The van der Waals surface area contributed by atoms with E-state index >= 15 is 0 Å². The zero-order valence-corrected chi connectivity index (χ0v) is 15.1. The van der Waals surface area contributed by atoms with Crippen LogP contribution in [-0.2, 0) is 19.5 Å². The highest BCUT2D eigenvalue weighted by atomic mass is 16.7. The summed E-state index contributed by atoms with van der Waals surface area (Å²) >= 11 is 0. The SMILES string of the molecule is c1ccc2[nH]c(CN3CCc4onc(-c5ccc6c(c5)OCO6)c4C3)nc2c1. The van der Waals surface area contributed by atoms with E-state index in [4.69, 9.17) is 19.0 Å². The van der Waals surface area contributed by atoms with Crippen molar-refractivity contribution in [3.05, 3.63) is 59.6 Å². The monoisotopic (exact) mass is 374 g/mol. The van der Waals surface area contributed by atoms with Gasteiger partial charge in [-0.25, -0.2) is 4.98 Å². The van der Waals surface area contributed by atoms with Gasteiger partial charge in [-0.15, -0.1) is 0 Å². The zero-order valence-electron chi connectivity index (χ0n) is 15.1. The lowest BCUT2D eigenvalue weighted by atomic mass is 10.0. The summed E-state index contributed by atoms with van der Waals surface area (Å²) in [5, 5.41) is 4.35. The number of nitrogens with zero attached hydrogens (tertiary/aromatic N) is 3. The van der Waals surface area contributed by atoms with E-state index in [1.807, 2.05) is 36.4 Å². The summed E-state index contributed by atoms with van der Waals surface area (Å²) in [5.74, 6) is 3.47. The van der Waals surface area contributed by atoms with Gasteiger partial charge in [0.05, 0.1) is 17.6 Å². The van der Waals surface area contributed by atoms with Crippen molar-refractivity contribution in [2.75, 3.05) is 13.3 Å². The quantitative estimate of drug-likeness (QED) is 0.591. The van der Waals surface area contributed by atoms with Gasteiger partial charge in [0.25, 0.3) is 0 Å². The van der Waals surface area contributed by atoms with Crippen LogP contribution in [0, 0.1) is 0 Å². The lowest BCUT2D eigenvalue weighted by Gasteiger charge is -2.25. The third-order valence-corrected chi connectivity index (χ3v) is 5.36. The fourth-order valence-corrected chi connectivity index (χ4v) is 3.96. The van der Waals surface area contributed by atoms with Crippen molar-refractivity contribution in [1.29, 1.82) is 0 Å². The third-order valence-electron chi connectivity index (χ3n) is 5.36. The van der Waals surface area contributed by atoms with Crippen LogP contribution in [0.2, 0.25) is 0 Å². The first-order chi connectivity index (χ1) is 13.8. The largest absolute Gasteiger partial charge is 0.454 e. The number of ether oxygens (including phenoxy) is 2. The standard InChI is InChI=1S/C21H18N4O3/c1-2-4-16-15(3-1)22-20(23-16)11-25-8-7-17-14(10-25)21(24-28-17)13-5-6-18-19(9-13)27-12-26-18/h1-6,9H,7-8,10-12H2,(H,22,23). The summed E-state index contributed by atoms with van der Waals surface area (Å²) < 4.78 is 16.5. The molecule has 2 aliphatic rings. The summed E-state index contributed by atoms with van der Waals surface area (Å²) in [6, 6.07) is 14.0. The van der Waals surface area contributed by atoms with Gasteiger partial charge < -0.3 is 19.0 Å².